The highest BCUT2D eigenvalue weighted by Gasteiger charge is 2.19. The number of hydrogen-bond donors (Lipinski definition) is 1. The second-order valence-corrected chi connectivity index (χ2v) is 5.97. The Kier molecular flexibility index (Phi) is 3.80. The van der Waals surface area contributed by atoms with Crippen LogP contribution in [-0.2, 0) is 11.3 Å². The van der Waals surface area contributed by atoms with E-state index in [0.29, 0.717) is 11.1 Å². The molecule has 0 radical (unpaired) electrons. The van der Waals surface area contributed by atoms with Gasteiger partial charge in [-0.15, -0.1) is 0 Å². The summed E-state index contributed by atoms with van der Waals surface area (Å²) in [6, 6.07) is 8.40. The van der Waals surface area contributed by atoms with E-state index in [1.54, 1.807) is 35.6 Å². The zero-order chi connectivity index (χ0) is 18.3. The first-order chi connectivity index (χ1) is 12.5. The van der Waals surface area contributed by atoms with Gasteiger partial charge in [0.05, 0.1) is 11.8 Å². The van der Waals surface area contributed by atoms with Gasteiger partial charge in [-0.2, -0.15) is 5.10 Å². The highest BCUT2D eigenvalue weighted by Crippen LogP contribution is 2.18. The second kappa shape index (κ2) is 6.14. The molecule has 0 fully saturated rings. The summed E-state index contributed by atoms with van der Waals surface area (Å²) in [6.45, 7) is 1.83. The Morgan fingerprint density at radius 1 is 1.27 bits per heavy atom. The minimum atomic E-state index is -0.797. The number of rotatable bonds is 4. The van der Waals surface area contributed by atoms with Crippen LogP contribution in [0.4, 0.5) is 4.39 Å². The van der Waals surface area contributed by atoms with Crippen LogP contribution < -0.4 is 10.9 Å². The third kappa shape index (κ3) is 2.65. The SMILES string of the molecule is CC(C(=O)NCc1ccc(F)cc1)n1ncn2c(cc3occc32)c1=O. The first-order valence-corrected chi connectivity index (χ1v) is 8.03. The molecule has 1 N–H and O–H groups in total. The van der Waals surface area contributed by atoms with Crippen molar-refractivity contribution in [3.63, 3.8) is 0 Å². The fraction of sp³-hybridized carbons (Fsp3) is 0.167. The van der Waals surface area contributed by atoms with Crippen molar-refractivity contribution >= 4 is 22.5 Å². The van der Waals surface area contributed by atoms with Crippen molar-refractivity contribution in [2.24, 2.45) is 0 Å². The molecule has 4 aromatic rings. The molecule has 0 bridgehead atoms. The summed E-state index contributed by atoms with van der Waals surface area (Å²) in [5.74, 6) is -0.695. The number of benzene rings is 1. The standard InChI is InChI=1S/C18H15FN4O3/c1-11(17(24)20-9-12-2-4-13(19)5-3-12)23-18(25)15-8-16-14(6-7-26-16)22(15)10-21-23/h2-8,10-11H,9H2,1H3,(H,20,24). The van der Waals surface area contributed by atoms with Crippen molar-refractivity contribution in [2.75, 3.05) is 0 Å². The summed E-state index contributed by atoms with van der Waals surface area (Å²) in [5, 5.41) is 6.84. The number of halogens is 1. The topological polar surface area (TPSA) is 81.5 Å². The number of fused-ring (bicyclic) bond motifs is 3. The van der Waals surface area contributed by atoms with Gasteiger partial charge in [0.25, 0.3) is 5.56 Å². The lowest BCUT2D eigenvalue weighted by molar-refractivity contribution is -0.124. The number of amides is 1. The Morgan fingerprint density at radius 2 is 2.04 bits per heavy atom. The molecule has 3 aromatic heterocycles. The molecule has 0 aliphatic rings. The van der Waals surface area contributed by atoms with Crippen molar-refractivity contribution in [2.45, 2.75) is 19.5 Å². The maximum Gasteiger partial charge on any atom is 0.291 e. The monoisotopic (exact) mass is 354 g/mol. The average Bonchev–Trinajstić information content (AvgIpc) is 3.23. The number of carbonyl (C=O) groups excluding carboxylic acids is 1. The summed E-state index contributed by atoms with van der Waals surface area (Å²) in [4.78, 5) is 25.1. The Labute approximate surface area is 146 Å². The van der Waals surface area contributed by atoms with Gasteiger partial charge in [-0.25, -0.2) is 9.07 Å². The molecule has 4 rings (SSSR count). The first-order valence-electron chi connectivity index (χ1n) is 8.03. The predicted octanol–water partition coefficient (Wildman–Crippen LogP) is 2.26. The number of furan rings is 1. The third-order valence-electron chi connectivity index (χ3n) is 4.31. The normalized spacial score (nSPS) is 12.5. The summed E-state index contributed by atoms with van der Waals surface area (Å²) >= 11 is 0. The van der Waals surface area contributed by atoms with Gasteiger partial charge in [0.1, 0.15) is 23.7 Å². The number of hydrogen-bond acceptors (Lipinski definition) is 4. The van der Waals surface area contributed by atoms with E-state index in [1.165, 1.54) is 24.7 Å². The van der Waals surface area contributed by atoms with E-state index in [9.17, 15) is 14.0 Å². The molecule has 0 spiro atoms. The first kappa shape index (κ1) is 16.1. The van der Waals surface area contributed by atoms with Gasteiger partial charge in [-0.3, -0.25) is 14.0 Å². The summed E-state index contributed by atoms with van der Waals surface area (Å²) < 4.78 is 21.0. The lowest BCUT2D eigenvalue weighted by Crippen LogP contribution is -2.37. The van der Waals surface area contributed by atoms with E-state index in [2.05, 4.69) is 10.4 Å². The molecular formula is C18H15FN4O3. The molecule has 0 aliphatic heterocycles. The van der Waals surface area contributed by atoms with Gasteiger partial charge >= 0.3 is 0 Å². The van der Waals surface area contributed by atoms with Crippen LogP contribution in [0.5, 0.6) is 0 Å². The molecule has 0 saturated heterocycles. The van der Waals surface area contributed by atoms with E-state index in [-0.39, 0.29) is 23.8 Å². The highest BCUT2D eigenvalue weighted by molar-refractivity contribution is 5.82. The molecular weight excluding hydrogens is 339 g/mol. The van der Waals surface area contributed by atoms with Crippen molar-refractivity contribution in [3.8, 4) is 0 Å². The number of nitrogens with one attached hydrogen (secondary N) is 1. The van der Waals surface area contributed by atoms with E-state index in [4.69, 9.17) is 4.42 Å². The largest absolute Gasteiger partial charge is 0.463 e. The predicted molar refractivity (Wildman–Crippen MR) is 92.2 cm³/mol. The summed E-state index contributed by atoms with van der Waals surface area (Å²) in [7, 11) is 0. The van der Waals surface area contributed by atoms with Crippen molar-refractivity contribution < 1.29 is 13.6 Å². The summed E-state index contributed by atoms with van der Waals surface area (Å²) in [5.41, 5.74) is 2.07. The third-order valence-corrected chi connectivity index (χ3v) is 4.31. The molecule has 1 amide bonds. The Morgan fingerprint density at radius 3 is 2.81 bits per heavy atom. The van der Waals surface area contributed by atoms with Crippen LogP contribution in [0.25, 0.3) is 16.6 Å². The van der Waals surface area contributed by atoms with E-state index in [1.807, 2.05) is 0 Å². The number of aromatic nitrogens is 3. The van der Waals surface area contributed by atoms with Gasteiger partial charge in [-0.1, -0.05) is 12.1 Å². The lowest BCUT2D eigenvalue weighted by Gasteiger charge is -2.14. The van der Waals surface area contributed by atoms with E-state index >= 15 is 0 Å². The zero-order valence-corrected chi connectivity index (χ0v) is 13.8. The quantitative estimate of drug-likeness (QED) is 0.609. The second-order valence-electron chi connectivity index (χ2n) is 5.97. The molecule has 1 unspecified atom stereocenters. The van der Waals surface area contributed by atoms with Crippen LogP contribution in [0.2, 0.25) is 0 Å². The minimum Gasteiger partial charge on any atom is -0.463 e. The fourth-order valence-electron chi connectivity index (χ4n) is 2.84. The molecule has 1 atom stereocenters. The molecule has 7 nitrogen and oxygen atoms in total. The van der Waals surface area contributed by atoms with Gasteiger partial charge in [0.15, 0.2) is 5.58 Å². The molecule has 0 saturated carbocycles. The summed E-state index contributed by atoms with van der Waals surface area (Å²) in [6.07, 6.45) is 3.02. The molecule has 1 aromatic carbocycles. The number of carbonyl (C=O) groups is 1. The Balaban J connectivity index is 1.57. The van der Waals surface area contributed by atoms with Crippen LogP contribution in [-0.4, -0.2) is 20.1 Å². The fourth-order valence-corrected chi connectivity index (χ4v) is 2.84. The van der Waals surface area contributed by atoms with E-state index < -0.39 is 6.04 Å². The smallest absolute Gasteiger partial charge is 0.291 e. The minimum absolute atomic E-state index is 0.235. The van der Waals surface area contributed by atoms with Gasteiger partial charge < -0.3 is 9.73 Å². The maximum absolute atomic E-state index is 12.9. The van der Waals surface area contributed by atoms with Crippen LogP contribution in [0.3, 0.4) is 0 Å². The van der Waals surface area contributed by atoms with Crippen LogP contribution in [0.15, 0.2) is 58.2 Å². The number of nitrogens with zero attached hydrogens (tertiary/aromatic N) is 3. The van der Waals surface area contributed by atoms with Gasteiger partial charge in [0, 0.05) is 18.7 Å². The average molecular weight is 354 g/mol. The van der Waals surface area contributed by atoms with Crippen molar-refractivity contribution in [1.29, 1.82) is 0 Å². The van der Waals surface area contributed by atoms with Crippen molar-refractivity contribution in [3.05, 3.63) is 70.7 Å². The van der Waals surface area contributed by atoms with Gasteiger partial charge in [-0.05, 0) is 24.6 Å². The van der Waals surface area contributed by atoms with Gasteiger partial charge in [0.2, 0.25) is 5.91 Å². The molecule has 132 valence electrons. The molecule has 8 heteroatoms. The van der Waals surface area contributed by atoms with Crippen LogP contribution in [0.1, 0.15) is 18.5 Å². The zero-order valence-electron chi connectivity index (χ0n) is 13.8. The molecule has 3 heterocycles. The van der Waals surface area contributed by atoms with E-state index in [0.717, 1.165) is 15.8 Å². The van der Waals surface area contributed by atoms with Crippen LogP contribution >= 0.6 is 0 Å². The maximum atomic E-state index is 12.9. The van der Waals surface area contributed by atoms with Crippen molar-refractivity contribution in [1.82, 2.24) is 19.5 Å². The Hall–Kier alpha value is -3.42. The molecule has 0 aliphatic carbocycles. The highest BCUT2D eigenvalue weighted by atomic mass is 19.1. The Bertz CT molecular complexity index is 1160. The van der Waals surface area contributed by atoms with Crippen LogP contribution in [0, 0.1) is 5.82 Å². The molecule has 26 heavy (non-hydrogen) atoms. The lowest BCUT2D eigenvalue weighted by atomic mass is 10.2.